The SMILES string of the molecule is O=C[O-].Oc1cccc(O)c1O. The van der Waals surface area contributed by atoms with Gasteiger partial charge in [0.2, 0.25) is 0 Å². The fourth-order valence-corrected chi connectivity index (χ4v) is 0.519. The highest BCUT2D eigenvalue weighted by molar-refractivity contribution is 5.47. The van der Waals surface area contributed by atoms with Crippen molar-refractivity contribution in [1.29, 1.82) is 0 Å². The third-order valence-corrected chi connectivity index (χ3v) is 0.993. The minimum Gasteiger partial charge on any atom is -0.554 e. The normalized spacial score (nSPS) is 8.00. The fraction of sp³-hybridized carbons (Fsp3) is 0. The minimum absolute atomic E-state index is 0.310. The fourth-order valence-electron chi connectivity index (χ4n) is 0.519. The second kappa shape index (κ2) is 4.84. The van der Waals surface area contributed by atoms with Crippen molar-refractivity contribution in [2.75, 3.05) is 0 Å². The van der Waals surface area contributed by atoms with E-state index in [4.69, 9.17) is 25.2 Å². The van der Waals surface area contributed by atoms with E-state index in [9.17, 15) is 0 Å². The summed E-state index contributed by atoms with van der Waals surface area (Å²) < 4.78 is 0. The molecule has 0 aromatic heterocycles. The number of hydrogen-bond acceptors (Lipinski definition) is 5. The van der Waals surface area contributed by atoms with E-state index in [0.29, 0.717) is 0 Å². The smallest absolute Gasteiger partial charge is 0.200 e. The maximum Gasteiger partial charge on any atom is 0.200 e. The van der Waals surface area contributed by atoms with Crippen molar-refractivity contribution in [2.24, 2.45) is 0 Å². The lowest BCUT2D eigenvalue weighted by Crippen LogP contribution is -2.01. The second-order valence-corrected chi connectivity index (χ2v) is 1.74. The first-order valence-corrected chi connectivity index (χ1v) is 2.89. The molecular formula is C7H7O5-. The summed E-state index contributed by atoms with van der Waals surface area (Å²) in [5.41, 5.74) is 0. The second-order valence-electron chi connectivity index (χ2n) is 1.74. The number of carbonyl (C=O) groups is 1. The molecule has 0 unspecified atom stereocenters. The summed E-state index contributed by atoms with van der Waals surface area (Å²) in [5, 5.41) is 34.3. The Kier molecular flexibility index (Phi) is 4.07. The van der Waals surface area contributed by atoms with Gasteiger partial charge in [0.1, 0.15) is 0 Å². The Bertz CT molecular complexity index is 238. The predicted octanol–water partition coefficient (Wildman–Crippen LogP) is -0.831. The van der Waals surface area contributed by atoms with Gasteiger partial charge in [0.05, 0.1) is 0 Å². The zero-order chi connectivity index (χ0) is 9.56. The van der Waals surface area contributed by atoms with Crippen LogP contribution in [0.2, 0.25) is 0 Å². The van der Waals surface area contributed by atoms with E-state index in [2.05, 4.69) is 0 Å². The molecule has 3 N–H and O–H groups in total. The van der Waals surface area contributed by atoms with Crippen LogP contribution in [0.5, 0.6) is 17.2 Å². The number of phenols is 3. The van der Waals surface area contributed by atoms with Crippen LogP contribution in [-0.2, 0) is 4.79 Å². The molecule has 0 amide bonds. The molecule has 0 aliphatic rings. The number of hydrogen-bond donors (Lipinski definition) is 3. The monoisotopic (exact) mass is 171 g/mol. The van der Waals surface area contributed by atoms with Crippen LogP contribution in [0.1, 0.15) is 0 Å². The Morgan fingerprint density at radius 3 is 1.75 bits per heavy atom. The highest BCUT2D eigenvalue weighted by atomic mass is 16.3. The average Bonchev–Trinajstić information content (AvgIpc) is 2.02. The van der Waals surface area contributed by atoms with Gasteiger partial charge in [0.15, 0.2) is 17.2 Å². The summed E-state index contributed by atoms with van der Waals surface area (Å²) in [7, 11) is 0. The summed E-state index contributed by atoms with van der Waals surface area (Å²) in [5.74, 6) is -1.09. The Morgan fingerprint density at radius 1 is 1.17 bits per heavy atom. The van der Waals surface area contributed by atoms with Gasteiger partial charge in [-0.05, 0) is 12.1 Å². The van der Waals surface area contributed by atoms with E-state index >= 15 is 0 Å². The van der Waals surface area contributed by atoms with Crippen molar-refractivity contribution in [2.45, 2.75) is 0 Å². The van der Waals surface area contributed by atoms with Crippen LogP contribution in [0.25, 0.3) is 0 Å². The van der Waals surface area contributed by atoms with Gasteiger partial charge >= 0.3 is 0 Å². The largest absolute Gasteiger partial charge is 0.554 e. The first-order valence-electron chi connectivity index (χ1n) is 2.89. The van der Waals surface area contributed by atoms with E-state index < -0.39 is 12.2 Å². The van der Waals surface area contributed by atoms with Crippen molar-refractivity contribution in [3.05, 3.63) is 18.2 Å². The maximum atomic E-state index is 8.71. The zero-order valence-corrected chi connectivity index (χ0v) is 5.97. The summed E-state index contributed by atoms with van der Waals surface area (Å²) in [6, 6.07) is 4.01. The van der Waals surface area contributed by atoms with Gasteiger partial charge in [-0.15, -0.1) is 0 Å². The molecule has 0 spiro atoms. The van der Waals surface area contributed by atoms with Crippen LogP contribution in [0.3, 0.4) is 0 Å². The Hall–Kier alpha value is -1.91. The van der Waals surface area contributed by atoms with Gasteiger partial charge < -0.3 is 25.2 Å². The van der Waals surface area contributed by atoms with E-state index in [0.717, 1.165) is 0 Å². The minimum atomic E-state index is -0.500. The topological polar surface area (TPSA) is 101 Å². The lowest BCUT2D eigenvalue weighted by atomic mass is 10.3. The molecule has 0 aliphatic carbocycles. The Labute approximate surface area is 68.1 Å². The van der Waals surface area contributed by atoms with Gasteiger partial charge in [0.25, 0.3) is 0 Å². The number of benzene rings is 1. The highest BCUT2D eigenvalue weighted by Crippen LogP contribution is 2.32. The van der Waals surface area contributed by atoms with Gasteiger partial charge in [-0.2, -0.15) is 0 Å². The molecule has 0 saturated heterocycles. The number of phenolic OH excluding ortho intramolecular Hbond substituents is 3. The van der Waals surface area contributed by atoms with Crippen LogP contribution < -0.4 is 5.11 Å². The molecule has 0 heterocycles. The predicted molar refractivity (Wildman–Crippen MR) is 37.5 cm³/mol. The standard InChI is InChI=1S/C6H6O3.CH2O2/c7-4-2-1-3-5(8)6(4)9;2-1-3/h1-3,7-9H;1H,(H,2,3)/p-1. The van der Waals surface area contributed by atoms with Crippen molar-refractivity contribution in [1.82, 2.24) is 0 Å². The van der Waals surface area contributed by atoms with Gasteiger partial charge in [-0.25, -0.2) is 0 Å². The third-order valence-electron chi connectivity index (χ3n) is 0.993. The van der Waals surface area contributed by atoms with Gasteiger partial charge in [-0.3, -0.25) is 0 Å². The Balaban J connectivity index is 0.000000354. The molecule has 0 aliphatic heterocycles. The molecule has 5 nitrogen and oxygen atoms in total. The average molecular weight is 171 g/mol. The number of carboxylic acid groups (broad SMARTS) is 1. The van der Waals surface area contributed by atoms with E-state index in [1.807, 2.05) is 0 Å². The quantitative estimate of drug-likeness (QED) is 0.349. The number of aromatic hydroxyl groups is 3. The number of carbonyl (C=O) groups excluding carboxylic acids is 1. The highest BCUT2D eigenvalue weighted by Gasteiger charge is 2.00. The van der Waals surface area contributed by atoms with Crippen molar-refractivity contribution < 1.29 is 25.2 Å². The molecule has 1 aromatic rings. The zero-order valence-electron chi connectivity index (χ0n) is 5.97. The summed E-state index contributed by atoms with van der Waals surface area (Å²) >= 11 is 0. The Morgan fingerprint density at radius 2 is 1.50 bits per heavy atom. The van der Waals surface area contributed by atoms with Crippen LogP contribution in [0.4, 0.5) is 0 Å². The molecule has 0 saturated carbocycles. The molecule has 1 aromatic carbocycles. The molecule has 1 rings (SSSR count). The molecule has 5 heteroatoms. The molecule has 0 radical (unpaired) electrons. The summed E-state index contributed by atoms with van der Waals surface area (Å²) in [6.07, 6.45) is 0. The van der Waals surface area contributed by atoms with E-state index in [1.165, 1.54) is 18.2 Å². The van der Waals surface area contributed by atoms with Crippen LogP contribution >= 0.6 is 0 Å². The molecular weight excluding hydrogens is 164 g/mol. The molecule has 0 atom stereocenters. The van der Waals surface area contributed by atoms with Gasteiger partial charge in [-0.1, -0.05) is 6.07 Å². The molecule has 0 bridgehead atoms. The molecule has 0 fully saturated rings. The lowest BCUT2D eigenvalue weighted by molar-refractivity contribution is -0.283. The summed E-state index contributed by atoms with van der Waals surface area (Å²) in [6.45, 7) is -0.500. The van der Waals surface area contributed by atoms with Crippen molar-refractivity contribution >= 4 is 6.47 Å². The molecule has 12 heavy (non-hydrogen) atoms. The van der Waals surface area contributed by atoms with Crippen LogP contribution in [-0.4, -0.2) is 21.8 Å². The number of rotatable bonds is 0. The lowest BCUT2D eigenvalue weighted by Gasteiger charge is -1.96. The van der Waals surface area contributed by atoms with Crippen molar-refractivity contribution in [3.8, 4) is 17.2 Å². The van der Waals surface area contributed by atoms with E-state index in [1.54, 1.807) is 0 Å². The van der Waals surface area contributed by atoms with E-state index in [-0.39, 0.29) is 11.5 Å². The molecule has 66 valence electrons. The van der Waals surface area contributed by atoms with Crippen LogP contribution in [0.15, 0.2) is 18.2 Å². The third kappa shape index (κ3) is 2.78. The first-order chi connectivity index (χ1) is 5.63. The van der Waals surface area contributed by atoms with Crippen LogP contribution in [0, 0.1) is 0 Å². The first kappa shape index (κ1) is 10.1. The van der Waals surface area contributed by atoms with Gasteiger partial charge in [0, 0.05) is 6.47 Å². The van der Waals surface area contributed by atoms with Crippen molar-refractivity contribution in [3.63, 3.8) is 0 Å². The summed E-state index contributed by atoms with van der Waals surface area (Å²) in [4.78, 5) is 8.25. The maximum absolute atomic E-state index is 8.71. The number of para-hydroxylation sites is 1.